The zero-order chi connectivity index (χ0) is 10.1. The second kappa shape index (κ2) is 3.76. The molecule has 0 saturated heterocycles. The molecule has 1 aliphatic carbocycles. The number of hydrogen-bond acceptors (Lipinski definition) is 3. The molecule has 1 saturated carbocycles. The molecule has 0 aromatic heterocycles. The summed E-state index contributed by atoms with van der Waals surface area (Å²) in [5.74, 6) is 0.186. The molecule has 0 aromatic rings. The second-order valence-corrected chi connectivity index (χ2v) is 4.23. The molecule has 0 N–H and O–H groups in total. The van der Waals surface area contributed by atoms with Crippen molar-refractivity contribution in [2.24, 2.45) is 11.3 Å². The Balaban J connectivity index is 2.69. The first-order valence-electron chi connectivity index (χ1n) is 4.63. The van der Waals surface area contributed by atoms with Crippen molar-refractivity contribution in [1.29, 1.82) is 0 Å². The summed E-state index contributed by atoms with van der Waals surface area (Å²) in [6, 6.07) is 0. The zero-order valence-electron chi connectivity index (χ0n) is 8.79. The molecule has 0 heterocycles. The Morgan fingerprint density at radius 3 is 2.23 bits per heavy atom. The van der Waals surface area contributed by atoms with Gasteiger partial charge in [0.1, 0.15) is 5.78 Å². The van der Waals surface area contributed by atoms with Crippen molar-refractivity contribution in [3.05, 3.63) is 0 Å². The average molecular weight is 186 g/mol. The smallest absolute Gasteiger partial charge is 0.166 e. The molecular weight excluding hydrogens is 168 g/mol. The lowest BCUT2D eigenvalue weighted by Gasteiger charge is -2.21. The fraction of sp³-hybridized carbons (Fsp3) is 0.900. The van der Waals surface area contributed by atoms with E-state index in [4.69, 9.17) is 9.47 Å². The van der Waals surface area contributed by atoms with Crippen molar-refractivity contribution < 1.29 is 14.3 Å². The van der Waals surface area contributed by atoms with Crippen LogP contribution in [-0.4, -0.2) is 26.3 Å². The van der Waals surface area contributed by atoms with Gasteiger partial charge in [-0.25, -0.2) is 0 Å². The third kappa shape index (κ3) is 1.92. The van der Waals surface area contributed by atoms with Gasteiger partial charge in [-0.1, -0.05) is 13.8 Å². The number of rotatable bonds is 3. The van der Waals surface area contributed by atoms with Gasteiger partial charge in [-0.3, -0.25) is 4.79 Å². The van der Waals surface area contributed by atoms with Gasteiger partial charge in [0.2, 0.25) is 0 Å². The highest BCUT2D eigenvalue weighted by molar-refractivity contribution is 5.88. The fourth-order valence-corrected chi connectivity index (χ4v) is 1.96. The first-order valence-corrected chi connectivity index (χ1v) is 4.63. The molecule has 0 radical (unpaired) electrons. The van der Waals surface area contributed by atoms with Crippen molar-refractivity contribution in [3.63, 3.8) is 0 Å². The summed E-state index contributed by atoms with van der Waals surface area (Å²) >= 11 is 0. The first-order chi connectivity index (χ1) is 6.03. The van der Waals surface area contributed by atoms with Gasteiger partial charge < -0.3 is 9.47 Å². The van der Waals surface area contributed by atoms with E-state index in [0.29, 0.717) is 0 Å². The van der Waals surface area contributed by atoms with Gasteiger partial charge in [-0.15, -0.1) is 0 Å². The Kier molecular flexibility index (Phi) is 3.09. The van der Waals surface area contributed by atoms with Crippen LogP contribution in [0.3, 0.4) is 0 Å². The Morgan fingerprint density at radius 2 is 1.92 bits per heavy atom. The lowest BCUT2D eigenvalue weighted by Crippen LogP contribution is -2.32. The molecule has 1 atom stereocenters. The van der Waals surface area contributed by atoms with Crippen molar-refractivity contribution in [3.8, 4) is 0 Å². The number of methoxy groups -OCH3 is 2. The number of Topliss-reactive ketones (excluding diaryl/α,β-unsaturated/α-hetero) is 1. The molecule has 13 heavy (non-hydrogen) atoms. The molecule has 3 heteroatoms. The average Bonchev–Trinajstić information content (AvgIpc) is 2.34. The van der Waals surface area contributed by atoms with Crippen molar-refractivity contribution >= 4 is 5.78 Å². The monoisotopic (exact) mass is 186 g/mol. The van der Waals surface area contributed by atoms with Crippen LogP contribution in [0, 0.1) is 11.3 Å². The van der Waals surface area contributed by atoms with Crippen LogP contribution in [0.1, 0.15) is 26.7 Å². The van der Waals surface area contributed by atoms with E-state index in [2.05, 4.69) is 0 Å². The highest BCUT2D eigenvalue weighted by atomic mass is 16.7. The summed E-state index contributed by atoms with van der Waals surface area (Å²) in [6.07, 6.45) is 1.44. The molecule has 1 aliphatic rings. The number of carbonyl (C=O) groups is 1. The van der Waals surface area contributed by atoms with Gasteiger partial charge in [-0.05, 0) is 12.8 Å². The van der Waals surface area contributed by atoms with Crippen molar-refractivity contribution in [2.45, 2.75) is 33.0 Å². The maximum atomic E-state index is 11.8. The normalized spacial score (nSPS) is 27.2. The van der Waals surface area contributed by atoms with Gasteiger partial charge in [-0.2, -0.15) is 0 Å². The van der Waals surface area contributed by atoms with E-state index < -0.39 is 0 Å². The summed E-state index contributed by atoms with van der Waals surface area (Å²) in [4.78, 5) is 11.8. The molecular formula is C10H18O3. The molecule has 0 amide bonds. The molecule has 3 nitrogen and oxygen atoms in total. The minimum absolute atomic E-state index is 0.0787. The third-order valence-electron chi connectivity index (χ3n) is 2.88. The Hall–Kier alpha value is -0.410. The Bertz CT molecular complexity index is 194. The quantitative estimate of drug-likeness (QED) is 0.628. The van der Waals surface area contributed by atoms with Crippen LogP contribution in [0.25, 0.3) is 0 Å². The minimum atomic E-state index is -0.366. The molecule has 0 aromatic carbocycles. The molecule has 1 fully saturated rings. The predicted molar refractivity (Wildman–Crippen MR) is 49.3 cm³/mol. The second-order valence-electron chi connectivity index (χ2n) is 4.23. The maximum absolute atomic E-state index is 11.8. The summed E-state index contributed by atoms with van der Waals surface area (Å²) in [6.45, 7) is 3.97. The highest BCUT2D eigenvalue weighted by Gasteiger charge is 2.44. The molecule has 0 aliphatic heterocycles. The van der Waals surface area contributed by atoms with Crippen LogP contribution >= 0.6 is 0 Å². The van der Waals surface area contributed by atoms with Gasteiger partial charge in [0, 0.05) is 19.6 Å². The van der Waals surface area contributed by atoms with E-state index >= 15 is 0 Å². The van der Waals surface area contributed by atoms with Gasteiger partial charge in [0.25, 0.3) is 0 Å². The molecule has 0 spiro atoms. The van der Waals surface area contributed by atoms with E-state index in [1.54, 1.807) is 14.2 Å². The van der Waals surface area contributed by atoms with Crippen LogP contribution in [-0.2, 0) is 14.3 Å². The van der Waals surface area contributed by atoms with Crippen LogP contribution in [0.4, 0.5) is 0 Å². The summed E-state index contributed by atoms with van der Waals surface area (Å²) in [5.41, 5.74) is -0.194. The predicted octanol–water partition coefficient (Wildman–Crippen LogP) is 1.61. The van der Waals surface area contributed by atoms with E-state index in [-0.39, 0.29) is 23.4 Å². The standard InChI is InChI=1S/C10H18O3/c1-10(2)6-5-7(8(10)11)9(12-3)13-4/h7,9H,5-6H2,1-4H3. The lowest BCUT2D eigenvalue weighted by molar-refractivity contribution is -0.156. The van der Waals surface area contributed by atoms with Gasteiger partial charge in [0.15, 0.2) is 6.29 Å². The molecule has 76 valence electrons. The third-order valence-corrected chi connectivity index (χ3v) is 2.88. The molecule has 1 rings (SSSR count). The Morgan fingerprint density at radius 1 is 1.38 bits per heavy atom. The van der Waals surface area contributed by atoms with Crippen LogP contribution in [0.15, 0.2) is 0 Å². The number of ether oxygens (including phenoxy) is 2. The lowest BCUT2D eigenvalue weighted by atomic mass is 9.89. The fourth-order valence-electron chi connectivity index (χ4n) is 1.96. The van der Waals surface area contributed by atoms with Crippen molar-refractivity contribution in [2.75, 3.05) is 14.2 Å². The highest BCUT2D eigenvalue weighted by Crippen LogP contribution is 2.39. The van der Waals surface area contributed by atoms with Crippen molar-refractivity contribution in [1.82, 2.24) is 0 Å². The minimum Gasteiger partial charge on any atom is -0.355 e. The van der Waals surface area contributed by atoms with Gasteiger partial charge in [0.05, 0.1) is 5.92 Å². The molecule has 0 bridgehead atoms. The van der Waals surface area contributed by atoms with E-state index in [9.17, 15) is 4.79 Å². The summed E-state index contributed by atoms with van der Waals surface area (Å²) in [7, 11) is 3.15. The maximum Gasteiger partial charge on any atom is 0.166 e. The van der Waals surface area contributed by atoms with E-state index in [1.165, 1.54) is 0 Å². The number of ketones is 1. The van der Waals surface area contributed by atoms with E-state index in [0.717, 1.165) is 12.8 Å². The first kappa shape index (κ1) is 10.7. The van der Waals surface area contributed by atoms with E-state index in [1.807, 2.05) is 13.8 Å². The topological polar surface area (TPSA) is 35.5 Å². The van der Waals surface area contributed by atoms with Crippen LogP contribution in [0.2, 0.25) is 0 Å². The van der Waals surface area contributed by atoms with Crippen LogP contribution < -0.4 is 0 Å². The number of hydrogen-bond donors (Lipinski definition) is 0. The summed E-state index contributed by atoms with van der Waals surface area (Å²) in [5, 5.41) is 0. The van der Waals surface area contributed by atoms with Gasteiger partial charge >= 0.3 is 0 Å². The SMILES string of the molecule is COC(OC)C1CCC(C)(C)C1=O. The zero-order valence-corrected chi connectivity index (χ0v) is 8.79. The Labute approximate surface area is 79.4 Å². The molecule has 1 unspecified atom stereocenters. The van der Waals surface area contributed by atoms with Crippen LogP contribution in [0.5, 0.6) is 0 Å². The summed E-state index contributed by atoms with van der Waals surface area (Å²) < 4.78 is 10.2. The largest absolute Gasteiger partial charge is 0.355 e. The number of carbonyl (C=O) groups excluding carboxylic acids is 1.